The molecule has 3 N–H and O–H groups in total. The van der Waals surface area contributed by atoms with Crippen molar-refractivity contribution in [3.63, 3.8) is 0 Å². The zero-order valence-corrected chi connectivity index (χ0v) is 11.3. The van der Waals surface area contributed by atoms with E-state index in [4.69, 9.17) is 10.6 Å². The second-order valence-electron chi connectivity index (χ2n) is 4.39. The van der Waals surface area contributed by atoms with E-state index in [0.29, 0.717) is 12.3 Å². The quantitative estimate of drug-likeness (QED) is 0.628. The molecule has 5 heteroatoms. The van der Waals surface area contributed by atoms with Gasteiger partial charge in [0.05, 0.1) is 24.5 Å². The average Bonchev–Trinajstić information content (AvgIpc) is 2.49. The highest BCUT2D eigenvalue weighted by atomic mass is 19.1. The zero-order chi connectivity index (χ0) is 14.4. The SMILES string of the molecule is CCCOc1ccccc1C(NN)c1ccc(F)cn1. The number of pyridine rings is 1. The molecule has 0 amide bonds. The van der Waals surface area contributed by atoms with Crippen molar-refractivity contribution in [2.45, 2.75) is 19.4 Å². The van der Waals surface area contributed by atoms with Gasteiger partial charge in [-0.2, -0.15) is 0 Å². The Morgan fingerprint density at radius 3 is 2.75 bits per heavy atom. The minimum absolute atomic E-state index is 0.344. The molecule has 1 unspecified atom stereocenters. The number of rotatable bonds is 6. The molecule has 0 radical (unpaired) electrons. The van der Waals surface area contributed by atoms with Gasteiger partial charge < -0.3 is 4.74 Å². The number of nitrogens with two attached hydrogens (primary N) is 1. The fraction of sp³-hybridized carbons (Fsp3) is 0.267. The van der Waals surface area contributed by atoms with Crippen molar-refractivity contribution in [2.75, 3.05) is 6.61 Å². The molecule has 20 heavy (non-hydrogen) atoms. The fourth-order valence-corrected chi connectivity index (χ4v) is 1.95. The monoisotopic (exact) mass is 275 g/mol. The zero-order valence-electron chi connectivity index (χ0n) is 11.3. The normalized spacial score (nSPS) is 12.2. The summed E-state index contributed by atoms with van der Waals surface area (Å²) in [6.45, 7) is 2.67. The maximum atomic E-state index is 13.0. The van der Waals surface area contributed by atoms with Crippen molar-refractivity contribution in [1.82, 2.24) is 10.4 Å². The molecule has 1 aromatic carbocycles. The fourth-order valence-electron chi connectivity index (χ4n) is 1.95. The molecule has 0 spiro atoms. The summed E-state index contributed by atoms with van der Waals surface area (Å²) in [5.41, 5.74) is 4.22. The van der Waals surface area contributed by atoms with E-state index in [9.17, 15) is 4.39 Å². The Bertz CT molecular complexity index is 545. The van der Waals surface area contributed by atoms with Gasteiger partial charge in [-0.1, -0.05) is 25.1 Å². The van der Waals surface area contributed by atoms with E-state index in [0.717, 1.165) is 17.7 Å². The Labute approximate surface area is 117 Å². The third-order valence-electron chi connectivity index (χ3n) is 2.90. The van der Waals surface area contributed by atoms with Crippen LogP contribution in [0.4, 0.5) is 4.39 Å². The van der Waals surface area contributed by atoms with E-state index >= 15 is 0 Å². The molecular formula is C15H18FN3O. The van der Waals surface area contributed by atoms with Gasteiger partial charge in [0.25, 0.3) is 0 Å². The maximum absolute atomic E-state index is 13.0. The smallest absolute Gasteiger partial charge is 0.141 e. The van der Waals surface area contributed by atoms with Crippen molar-refractivity contribution >= 4 is 0 Å². The lowest BCUT2D eigenvalue weighted by Gasteiger charge is -2.19. The molecule has 2 aromatic rings. The summed E-state index contributed by atoms with van der Waals surface area (Å²) in [4.78, 5) is 4.07. The summed E-state index contributed by atoms with van der Waals surface area (Å²) in [7, 11) is 0. The summed E-state index contributed by atoms with van der Waals surface area (Å²) < 4.78 is 18.7. The molecule has 0 saturated carbocycles. The van der Waals surface area contributed by atoms with Gasteiger partial charge in [0.2, 0.25) is 0 Å². The Balaban J connectivity index is 2.33. The predicted octanol–water partition coefficient (Wildman–Crippen LogP) is 2.56. The number of halogens is 1. The van der Waals surface area contributed by atoms with E-state index in [1.807, 2.05) is 31.2 Å². The first-order chi connectivity index (χ1) is 9.76. The molecule has 0 aliphatic carbocycles. The minimum atomic E-state index is -0.375. The minimum Gasteiger partial charge on any atom is -0.493 e. The lowest BCUT2D eigenvalue weighted by Crippen LogP contribution is -2.30. The first-order valence-corrected chi connectivity index (χ1v) is 6.55. The van der Waals surface area contributed by atoms with Gasteiger partial charge in [0.15, 0.2) is 0 Å². The molecule has 1 aromatic heterocycles. The molecule has 1 atom stereocenters. The number of nitrogens with one attached hydrogen (secondary N) is 1. The Kier molecular flexibility index (Phi) is 5.03. The number of hydrazine groups is 1. The van der Waals surface area contributed by atoms with Crippen molar-refractivity contribution in [3.05, 3.63) is 59.7 Å². The number of aromatic nitrogens is 1. The largest absolute Gasteiger partial charge is 0.493 e. The molecule has 4 nitrogen and oxygen atoms in total. The van der Waals surface area contributed by atoms with Crippen molar-refractivity contribution in [1.29, 1.82) is 0 Å². The van der Waals surface area contributed by atoms with Gasteiger partial charge in [-0.15, -0.1) is 0 Å². The van der Waals surface area contributed by atoms with E-state index in [2.05, 4.69) is 10.4 Å². The van der Waals surface area contributed by atoms with Crippen molar-refractivity contribution < 1.29 is 9.13 Å². The number of ether oxygens (including phenoxy) is 1. The van der Waals surface area contributed by atoms with Gasteiger partial charge in [-0.3, -0.25) is 10.8 Å². The highest BCUT2D eigenvalue weighted by Gasteiger charge is 2.18. The second kappa shape index (κ2) is 6.98. The molecule has 0 saturated heterocycles. The van der Waals surface area contributed by atoms with Crippen molar-refractivity contribution in [3.8, 4) is 5.75 Å². The van der Waals surface area contributed by atoms with Crippen LogP contribution in [0, 0.1) is 5.82 Å². The third-order valence-corrected chi connectivity index (χ3v) is 2.90. The van der Waals surface area contributed by atoms with E-state index in [-0.39, 0.29) is 11.9 Å². The van der Waals surface area contributed by atoms with Crippen LogP contribution in [-0.4, -0.2) is 11.6 Å². The molecule has 1 heterocycles. The van der Waals surface area contributed by atoms with E-state index in [1.165, 1.54) is 12.3 Å². The third kappa shape index (κ3) is 3.31. The average molecular weight is 275 g/mol. The van der Waals surface area contributed by atoms with Crippen LogP contribution < -0.4 is 16.0 Å². The summed E-state index contributed by atoms with van der Waals surface area (Å²) in [5, 5.41) is 0. The van der Waals surface area contributed by atoms with Crippen LogP contribution in [0.5, 0.6) is 5.75 Å². The Morgan fingerprint density at radius 2 is 2.10 bits per heavy atom. The highest BCUT2D eigenvalue weighted by Crippen LogP contribution is 2.28. The number of hydrogen-bond donors (Lipinski definition) is 2. The van der Waals surface area contributed by atoms with Crippen LogP contribution in [0.3, 0.4) is 0 Å². The van der Waals surface area contributed by atoms with Crippen LogP contribution in [0.2, 0.25) is 0 Å². The van der Waals surface area contributed by atoms with Crippen LogP contribution in [0.1, 0.15) is 30.6 Å². The summed E-state index contributed by atoms with van der Waals surface area (Å²) in [5.74, 6) is 6.01. The molecule has 2 rings (SSSR count). The number of hydrogen-bond acceptors (Lipinski definition) is 4. The lowest BCUT2D eigenvalue weighted by molar-refractivity contribution is 0.311. The lowest BCUT2D eigenvalue weighted by atomic mass is 10.0. The highest BCUT2D eigenvalue weighted by molar-refractivity contribution is 5.39. The van der Waals surface area contributed by atoms with Gasteiger partial charge in [-0.05, 0) is 24.6 Å². The van der Waals surface area contributed by atoms with Gasteiger partial charge >= 0.3 is 0 Å². The first-order valence-electron chi connectivity index (χ1n) is 6.55. The first kappa shape index (κ1) is 14.4. The van der Waals surface area contributed by atoms with Gasteiger partial charge in [-0.25, -0.2) is 9.82 Å². The maximum Gasteiger partial charge on any atom is 0.141 e. The summed E-state index contributed by atoms with van der Waals surface area (Å²) in [6.07, 6.45) is 2.10. The van der Waals surface area contributed by atoms with Crippen molar-refractivity contribution in [2.24, 2.45) is 5.84 Å². The molecule has 106 valence electrons. The van der Waals surface area contributed by atoms with E-state index < -0.39 is 0 Å². The van der Waals surface area contributed by atoms with Crippen LogP contribution >= 0.6 is 0 Å². The Morgan fingerprint density at radius 1 is 1.30 bits per heavy atom. The number of para-hydroxylation sites is 1. The molecule has 0 bridgehead atoms. The number of nitrogens with zero attached hydrogens (tertiary/aromatic N) is 1. The van der Waals surface area contributed by atoms with Crippen LogP contribution in [0.25, 0.3) is 0 Å². The molecule has 0 aliphatic rings. The molecular weight excluding hydrogens is 257 g/mol. The van der Waals surface area contributed by atoms with Crippen LogP contribution in [-0.2, 0) is 0 Å². The second-order valence-corrected chi connectivity index (χ2v) is 4.39. The molecule has 0 aliphatic heterocycles. The standard InChI is InChI=1S/C15H18FN3O/c1-2-9-20-14-6-4-3-5-12(14)15(19-17)13-8-7-11(16)10-18-13/h3-8,10,15,19H,2,9,17H2,1H3. The number of benzene rings is 1. The Hall–Kier alpha value is -1.98. The predicted molar refractivity (Wildman–Crippen MR) is 75.6 cm³/mol. The van der Waals surface area contributed by atoms with Crippen LogP contribution in [0.15, 0.2) is 42.6 Å². The molecule has 0 fully saturated rings. The van der Waals surface area contributed by atoms with Gasteiger partial charge in [0, 0.05) is 5.56 Å². The van der Waals surface area contributed by atoms with Gasteiger partial charge in [0.1, 0.15) is 11.6 Å². The topological polar surface area (TPSA) is 60.2 Å². The van der Waals surface area contributed by atoms with E-state index in [1.54, 1.807) is 6.07 Å². The summed E-state index contributed by atoms with van der Waals surface area (Å²) >= 11 is 0. The summed E-state index contributed by atoms with van der Waals surface area (Å²) in [6, 6.07) is 10.2.